The highest BCUT2D eigenvalue weighted by Gasteiger charge is 2.35. The van der Waals surface area contributed by atoms with Crippen LogP contribution in [0.4, 0.5) is 10.8 Å². The summed E-state index contributed by atoms with van der Waals surface area (Å²) in [5.41, 5.74) is 0.423. The Hall–Kier alpha value is -2.04. The van der Waals surface area contributed by atoms with Gasteiger partial charge in [-0.2, -0.15) is 0 Å². The summed E-state index contributed by atoms with van der Waals surface area (Å²) in [6, 6.07) is 6.58. The zero-order valence-electron chi connectivity index (χ0n) is 14.9. The molecule has 29 heavy (non-hydrogen) atoms. The maximum atomic E-state index is 13.0. The molecule has 2 amide bonds. The summed E-state index contributed by atoms with van der Waals surface area (Å²) in [6.45, 7) is 2.64. The Morgan fingerprint density at radius 1 is 1.17 bits per heavy atom. The first kappa shape index (κ1) is 20.2. The monoisotopic (exact) mass is 468 g/mol. The van der Waals surface area contributed by atoms with Crippen LogP contribution < -0.4 is 15.1 Å². The number of ether oxygens (including phenoxy) is 1. The molecule has 1 aromatic heterocycles. The molecule has 2 aliphatic rings. The fourth-order valence-corrected chi connectivity index (χ4v) is 4.55. The van der Waals surface area contributed by atoms with Crippen molar-refractivity contribution in [2.45, 2.75) is 0 Å². The zero-order valence-corrected chi connectivity index (χ0v) is 18.0. The van der Waals surface area contributed by atoms with E-state index < -0.39 is 11.8 Å². The summed E-state index contributed by atoms with van der Waals surface area (Å²) >= 11 is 18.7. The summed E-state index contributed by atoms with van der Waals surface area (Å²) in [4.78, 5) is 33.7. The molecule has 150 valence electrons. The highest BCUT2D eigenvalue weighted by molar-refractivity contribution is 7.80. The van der Waals surface area contributed by atoms with Gasteiger partial charge in [0, 0.05) is 18.1 Å². The summed E-state index contributed by atoms with van der Waals surface area (Å²) in [7, 11) is 0. The average Bonchev–Trinajstić information content (AvgIpc) is 3.07. The molecular formula is C18H14Cl2N4O3S2. The minimum Gasteiger partial charge on any atom is -0.378 e. The summed E-state index contributed by atoms with van der Waals surface area (Å²) in [5.74, 6) is -1.12. The van der Waals surface area contributed by atoms with Crippen molar-refractivity contribution >= 4 is 80.6 Å². The number of amides is 2. The van der Waals surface area contributed by atoms with Crippen molar-refractivity contribution in [2.24, 2.45) is 0 Å². The number of nitrogens with zero attached hydrogens (tertiary/aromatic N) is 3. The molecular weight excluding hydrogens is 455 g/mol. The number of carbonyl (C=O) groups excluding carboxylic acids is 2. The van der Waals surface area contributed by atoms with Gasteiger partial charge >= 0.3 is 0 Å². The Balaban J connectivity index is 1.66. The molecule has 4 rings (SSSR count). The molecule has 2 fully saturated rings. The van der Waals surface area contributed by atoms with Crippen molar-refractivity contribution in [3.05, 3.63) is 44.9 Å². The lowest BCUT2D eigenvalue weighted by Gasteiger charge is -2.28. The molecule has 2 saturated heterocycles. The van der Waals surface area contributed by atoms with Crippen LogP contribution in [-0.4, -0.2) is 48.2 Å². The van der Waals surface area contributed by atoms with E-state index in [0.29, 0.717) is 41.9 Å². The standard InChI is InChI=1S/C18H14Cl2N4O3S2/c19-10-1-3-11(4-2-10)24-16(26)12(15(25)22-17(24)28)9-13-14(20)21-18(29-13)23-5-7-27-8-6-23/h1-4,9H,5-8H2,(H,22,25,28)/b12-9+. The third kappa shape index (κ3) is 4.15. The number of aromatic nitrogens is 1. The quantitative estimate of drug-likeness (QED) is 0.423. The number of thiazole rings is 1. The molecule has 0 radical (unpaired) electrons. The van der Waals surface area contributed by atoms with Crippen molar-refractivity contribution in [3.63, 3.8) is 0 Å². The molecule has 0 bridgehead atoms. The molecule has 2 aromatic rings. The largest absolute Gasteiger partial charge is 0.378 e. The lowest BCUT2D eigenvalue weighted by atomic mass is 10.1. The smallest absolute Gasteiger partial charge is 0.270 e. The van der Waals surface area contributed by atoms with Crippen molar-refractivity contribution in [2.75, 3.05) is 36.1 Å². The van der Waals surface area contributed by atoms with E-state index in [2.05, 4.69) is 15.2 Å². The molecule has 0 aliphatic carbocycles. The van der Waals surface area contributed by atoms with Crippen molar-refractivity contribution < 1.29 is 14.3 Å². The van der Waals surface area contributed by atoms with Gasteiger partial charge in [-0.1, -0.05) is 34.5 Å². The van der Waals surface area contributed by atoms with Gasteiger partial charge in [0.1, 0.15) is 10.7 Å². The lowest BCUT2D eigenvalue weighted by molar-refractivity contribution is -0.122. The van der Waals surface area contributed by atoms with Crippen LogP contribution in [0.25, 0.3) is 6.08 Å². The molecule has 1 N–H and O–H groups in total. The van der Waals surface area contributed by atoms with E-state index in [1.807, 2.05) is 0 Å². The number of benzene rings is 1. The van der Waals surface area contributed by atoms with Crippen molar-refractivity contribution in [1.29, 1.82) is 0 Å². The SMILES string of the molecule is O=C1NC(=S)N(c2ccc(Cl)cc2)C(=O)/C1=C/c1sc(N2CCOCC2)nc1Cl. The second kappa shape index (κ2) is 8.37. The third-order valence-corrected chi connectivity index (χ3v) is 6.34. The predicted molar refractivity (Wildman–Crippen MR) is 118 cm³/mol. The van der Waals surface area contributed by atoms with Gasteiger partial charge in [0.25, 0.3) is 11.8 Å². The number of hydrogen-bond acceptors (Lipinski definition) is 7. The lowest BCUT2D eigenvalue weighted by Crippen LogP contribution is -2.54. The summed E-state index contributed by atoms with van der Waals surface area (Å²) in [5, 5.41) is 4.02. The van der Waals surface area contributed by atoms with Crippen LogP contribution in [-0.2, 0) is 14.3 Å². The first-order valence-corrected chi connectivity index (χ1v) is 10.6. The molecule has 3 heterocycles. The Labute approximate surface area is 185 Å². The molecule has 7 nitrogen and oxygen atoms in total. The number of rotatable bonds is 3. The van der Waals surface area contributed by atoms with Crippen LogP contribution in [0, 0.1) is 0 Å². The summed E-state index contributed by atoms with van der Waals surface area (Å²) in [6.07, 6.45) is 1.45. The summed E-state index contributed by atoms with van der Waals surface area (Å²) < 4.78 is 5.35. The van der Waals surface area contributed by atoms with E-state index in [-0.39, 0.29) is 15.8 Å². The highest BCUT2D eigenvalue weighted by atomic mass is 35.5. The molecule has 0 unspecified atom stereocenters. The van der Waals surface area contributed by atoms with E-state index in [4.69, 9.17) is 40.2 Å². The van der Waals surface area contributed by atoms with Crippen LogP contribution in [0.3, 0.4) is 0 Å². The number of anilines is 2. The first-order chi connectivity index (χ1) is 13.9. The van der Waals surface area contributed by atoms with Crippen LogP contribution in [0.15, 0.2) is 29.8 Å². The highest BCUT2D eigenvalue weighted by Crippen LogP contribution is 2.33. The van der Waals surface area contributed by atoms with Crippen LogP contribution in [0.5, 0.6) is 0 Å². The Kier molecular flexibility index (Phi) is 5.84. The van der Waals surface area contributed by atoms with Gasteiger partial charge in [0.05, 0.1) is 23.8 Å². The van der Waals surface area contributed by atoms with E-state index >= 15 is 0 Å². The molecule has 11 heteroatoms. The maximum absolute atomic E-state index is 13.0. The minimum absolute atomic E-state index is 0.00359. The van der Waals surface area contributed by atoms with E-state index in [1.54, 1.807) is 24.3 Å². The molecule has 0 saturated carbocycles. The number of halogens is 2. The van der Waals surface area contributed by atoms with E-state index in [1.165, 1.54) is 22.3 Å². The fraction of sp³-hybridized carbons (Fsp3) is 0.222. The minimum atomic E-state index is -0.581. The van der Waals surface area contributed by atoms with Crippen molar-refractivity contribution in [1.82, 2.24) is 10.3 Å². The maximum Gasteiger partial charge on any atom is 0.270 e. The van der Waals surface area contributed by atoms with Gasteiger partial charge in [-0.05, 0) is 42.6 Å². The average molecular weight is 469 g/mol. The number of hydrogen-bond donors (Lipinski definition) is 1. The molecule has 1 aromatic carbocycles. The second-order valence-electron chi connectivity index (χ2n) is 6.19. The van der Waals surface area contributed by atoms with Gasteiger partial charge in [0.15, 0.2) is 10.2 Å². The predicted octanol–water partition coefficient (Wildman–Crippen LogP) is 3.12. The normalized spacial score (nSPS) is 19.1. The van der Waals surface area contributed by atoms with E-state index in [0.717, 1.165) is 5.13 Å². The Morgan fingerprint density at radius 3 is 2.55 bits per heavy atom. The fourth-order valence-electron chi connectivity index (χ4n) is 2.89. The van der Waals surface area contributed by atoms with Gasteiger partial charge in [-0.3, -0.25) is 19.8 Å². The molecule has 0 spiro atoms. The molecule has 2 aliphatic heterocycles. The van der Waals surface area contributed by atoms with Crippen molar-refractivity contribution in [3.8, 4) is 0 Å². The second-order valence-corrected chi connectivity index (χ2v) is 8.38. The topological polar surface area (TPSA) is 74.8 Å². The van der Waals surface area contributed by atoms with Gasteiger partial charge in [0.2, 0.25) is 0 Å². The van der Waals surface area contributed by atoms with Gasteiger partial charge in [-0.25, -0.2) is 4.98 Å². The number of morpholine rings is 1. The first-order valence-electron chi connectivity index (χ1n) is 8.60. The van der Waals surface area contributed by atoms with Crippen LogP contribution >= 0.6 is 46.8 Å². The van der Waals surface area contributed by atoms with Crippen LogP contribution in [0.2, 0.25) is 10.2 Å². The Morgan fingerprint density at radius 2 is 1.86 bits per heavy atom. The molecule has 0 atom stereocenters. The Bertz CT molecular complexity index is 1020. The van der Waals surface area contributed by atoms with Crippen LogP contribution in [0.1, 0.15) is 4.88 Å². The zero-order chi connectivity index (χ0) is 20.5. The number of thiocarbonyl (C=S) groups is 1. The van der Waals surface area contributed by atoms with Gasteiger partial charge < -0.3 is 9.64 Å². The van der Waals surface area contributed by atoms with E-state index in [9.17, 15) is 9.59 Å². The van der Waals surface area contributed by atoms with Gasteiger partial charge in [-0.15, -0.1) is 0 Å². The number of nitrogens with one attached hydrogen (secondary N) is 1. The number of carbonyl (C=O) groups is 2. The third-order valence-electron chi connectivity index (χ3n) is 4.34.